The highest BCUT2D eigenvalue weighted by Gasteiger charge is 2.05. The van der Waals surface area contributed by atoms with Crippen molar-refractivity contribution in [3.05, 3.63) is 71.1 Å². The maximum Gasteiger partial charge on any atom is 0.229 e. The quantitative estimate of drug-likeness (QED) is 0.736. The van der Waals surface area contributed by atoms with Gasteiger partial charge < -0.3 is 10.6 Å². The third-order valence-electron chi connectivity index (χ3n) is 3.17. The molecule has 1 aromatic carbocycles. The maximum absolute atomic E-state index is 6.15. The second-order valence-electron chi connectivity index (χ2n) is 5.04. The van der Waals surface area contributed by atoms with Gasteiger partial charge in [-0.15, -0.1) is 0 Å². The topological polar surface area (TPSA) is 62.7 Å². The molecule has 0 bridgehead atoms. The normalized spacial score (nSPS) is 10.3. The fourth-order valence-corrected chi connectivity index (χ4v) is 2.28. The Morgan fingerprint density at radius 3 is 2.74 bits per heavy atom. The van der Waals surface area contributed by atoms with Crippen LogP contribution in [0.15, 0.2) is 54.9 Å². The SMILES string of the molecule is Cc1cc(NCc2cccnc2)nc(Nc2ccccc2Cl)n1. The molecule has 6 heteroatoms. The van der Waals surface area contributed by atoms with Crippen molar-refractivity contribution in [2.24, 2.45) is 0 Å². The number of nitrogens with one attached hydrogen (secondary N) is 2. The lowest BCUT2D eigenvalue weighted by atomic mass is 10.3. The predicted molar refractivity (Wildman–Crippen MR) is 93.1 cm³/mol. The van der Waals surface area contributed by atoms with E-state index in [0.717, 1.165) is 22.8 Å². The van der Waals surface area contributed by atoms with Crippen LogP contribution in [0.3, 0.4) is 0 Å². The molecule has 0 spiro atoms. The summed E-state index contributed by atoms with van der Waals surface area (Å²) in [5.74, 6) is 1.25. The molecule has 0 saturated heterocycles. The van der Waals surface area contributed by atoms with E-state index < -0.39 is 0 Å². The van der Waals surface area contributed by atoms with Crippen LogP contribution in [-0.4, -0.2) is 15.0 Å². The number of pyridine rings is 1. The number of rotatable bonds is 5. The zero-order valence-electron chi connectivity index (χ0n) is 12.6. The van der Waals surface area contributed by atoms with Crippen molar-refractivity contribution in [2.75, 3.05) is 10.6 Å². The van der Waals surface area contributed by atoms with Crippen molar-refractivity contribution in [1.29, 1.82) is 0 Å². The van der Waals surface area contributed by atoms with Gasteiger partial charge in [0.05, 0.1) is 10.7 Å². The first-order valence-electron chi connectivity index (χ1n) is 7.21. The van der Waals surface area contributed by atoms with Crippen LogP contribution in [0.5, 0.6) is 0 Å². The van der Waals surface area contributed by atoms with Crippen LogP contribution in [-0.2, 0) is 6.54 Å². The Kier molecular flexibility index (Phi) is 4.68. The standard InChI is InChI=1S/C17H16ClN5/c1-12-9-16(20-11-13-5-4-8-19-10-13)23-17(21-12)22-15-7-3-2-6-14(15)18/h2-10H,11H2,1H3,(H2,20,21,22,23). The number of hydrogen-bond donors (Lipinski definition) is 2. The summed E-state index contributed by atoms with van der Waals surface area (Å²) in [4.78, 5) is 13.0. The molecule has 2 aromatic heterocycles. The zero-order chi connectivity index (χ0) is 16.1. The Hall–Kier alpha value is -2.66. The number of benzene rings is 1. The van der Waals surface area contributed by atoms with Crippen molar-refractivity contribution >= 4 is 29.1 Å². The summed E-state index contributed by atoms with van der Waals surface area (Å²) in [5, 5.41) is 7.05. The van der Waals surface area contributed by atoms with Crippen molar-refractivity contribution < 1.29 is 0 Å². The number of aryl methyl sites for hydroxylation is 1. The van der Waals surface area contributed by atoms with Crippen LogP contribution in [0, 0.1) is 6.92 Å². The van der Waals surface area contributed by atoms with Crippen molar-refractivity contribution in [3.63, 3.8) is 0 Å². The van der Waals surface area contributed by atoms with Gasteiger partial charge in [-0.25, -0.2) is 4.98 Å². The van der Waals surface area contributed by atoms with Gasteiger partial charge in [-0.05, 0) is 30.7 Å². The summed E-state index contributed by atoms with van der Waals surface area (Å²) in [7, 11) is 0. The lowest BCUT2D eigenvalue weighted by Crippen LogP contribution is -2.06. The number of para-hydroxylation sites is 1. The van der Waals surface area contributed by atoms with Gasteiger partial charge in [0.2, 0.25) is 5.95 Å². The Morgan fingerprint density at radius 1 is 1.09 bits per heavy atom. The van der Waals surface area contributed by atoms with Gasteiger partial charge in [-0.1, -0.05) is 29.8 Å². The molecule has 0 atom stereocenters. The van der Waals surface area contributed by atoms with Crippen molar-refractivity contribution in [1.82, 2.24) is 15.0 Å². The molecule has 0 amide bonds. The van der Waals surface area contributed by atoms with Crippen LogP contribution in [0.25, 0.3) is 0 Å². The van der Waals surface area contributed by atoms with Crippen molar-refractivity contribution in [3.8, 4) is 0 Å². The molecular weight excluding hydrogens is 310 g/mol. The number of anilines is 3. The van der Waals surface area contributed by atoms with E-state index in [2.05, 4.69) is 25.6 Å². The fraction of sp³-hybridized carbons (Fsp3) is 0.118. The van der Waals surface area contributed by atoms with Gasteiger partial charge in [-0.2, -0.15) is 4.98 Å². The van der Waals surface area contributed by atoms with E-state index in [-0.39, 0.29) is 0 Å². The van der Waals surface area contributed by atoms with E-state index in [9.17, 15) is 0 Å². The smallest absolute Gasteiger partial charge is 0.229 e. The highest BCUT2D eigenvalue weighted by atomic mass is 35.5. The predicted octanol–water partition coefficient (Wildman–Crippen LogP) is 4.19. The van der Waals surface area contributed by atoms with Gasteiger partial charge in [0.15, 0.2) is 0 Å². The van der Waals surface area contributed by atoms with Gasteiger partial charge >= 0.3 is 0 Å². The molecule has 0 unspecified atom stereocenters. The molecule has 0 aliphatic carbocycles. The van der Waals surface area contributed by atoms with Gasteiger partial charge in [0, 0.05) is 30.7 Å². The molecule has 3 rings (SSSR count). The van der Waals surface area contributed by atoms with E-state index >= 15 is 0 Å². The van der Waals surface area contributed by atoms with Crippen LogP contribution >= 0.6 is 11.6 Å². The molecule has 2 N–H and O–H groups in total. The third-order valence-corrected chi connectivity index (χ3v) is 3.50. The van der Waals surface area contributed by atoms with E-state index in [4.69, 9.17) is 11.6 Å². The lowest BCUT2D eigenvalue weighted by Gasteiger charge is -2.10. The first-order chi connectivity index (χ1) is 11.2. The Labute approximate surface area is 139 Å². The van der Waals surface area contributed by atoms with E-state index in [1.807, 2.05) is 55.6 Å². The minimum Gasteiger partial charge on any atom is -0.366 e. The second kappa shape index (κ2) is 7.07. The summed E-state index contributed by atoms with van der Waals surface area (Å²) >= 11 is 6.15. The first kappa shape index (κ1) is 15.2. The lowest BCUT2D eigenvalue weighted by molar-refractivity contribution is 1.05. The molecular formula is C17H16ClN5. The van der Waals surface area contributed by atoms with E-state index in [1.165, 1.54) is 0 Å². The highest BCUT2D eigenvalue weighted by Crippen LogP contribution is 2.24. The maximum atomic E-state index is 6.15. The fourth-order valence-electron chi connectivity index (χ4n) is 2.09. The number of nitrogens with zero attached hydrogens (tertiary/aromatic N) is 3. The molecule has 0 saturated carbocycles. The number of halogens is 1. The number of hydrogen-bond acceptors (Lipinski definition) is 5. The second-order valence-corrected chi connectivity index (χ2v) is 5.45. The summed E-state index contributed by atoms with van der Waals surface area (Å²) in [6, 6.07) is 13.3. The summed E-state index contributed by atoms with van der Waals surface area (Å²) in [6.45, 7) is 2.57. The Bertz CT molecular complexity index is 792. The van der Waals surface area contributed by atoms with E-state index in [1.54, 1.807) is 6.20 Å². The monoisotopic (exact) mass is 325 g/mol. The zero-order valence-corrected chi connectivity index (χ0v) is 13.4. The van der Waals surface area contributed by atoms with Crippen LogP contribution in [0.1, 0.15) is 11.3 Å². The minimum atomic E-state index is 0.506. The number of aromatic nitrogens is 3. The molecule has 0 radical (unpaired) electrons. The molecule has 5 nitrogen and oxygen atoms in total. The van der Waals surface area contributed by atoms with Crippen LogP contribution in [0.2, 0.25) is 5.02 Å². The molecule has 3 aromatic rings. The van der Waals surface area contributed by atoms with Gasteiger partial charge in [-0.3, -0.25) is 4.98 Å². The Balaban J connectivity index is 1.75. The average Bonchev–Trinajstić information content (AvgIpc) is 2.56. The van der Waals surface area contributed by atoms with Gasteiger partial charge in [0.1, 0.15) is 5.82 Å². The largest absolute Gasteiger partial charge is 0.366 e. The molecule has 0 aliphatic heterocycles. The average molecular weight is 326 g/mol. The summed E-state index contributed by atoms with van der Waals surface area (Å²) in [5.41, 5.74) is 2.73. The third kappa shape index (κ3) is 4.17. The molecule has 116 valence electrons. The first-order valence-corrected chi connectivity index (χ1v) is 7.58. The molecule has 23 heavy (non-hydrogen) atoms. The molecule has 0 fully saturated rings. The summed E-state index contributed by atoms with van der Waals surface area (Å²) in [6.07, 6.45) is 3.58. The minimum absolute atomic E-state index is 0.506. The Morgan fingerprint density at radius 2 is 1.96 bits per heavy atom. The molecule has 2 heterocycles. The van der Waals surface area contributed by atoms with Crippen molar-refractivity contribution in [2.45, 2.75) is 13.5 Å². The molecule has 0 aliphatic rings. The van der Waals surface area contributed by atoms with Crippen LogP contribution < -0.4 is 10.6 Å². The highest BCUT2D eigenvalue weighted by molar-refractivity contribution is 6.33. The van der Waals surface area contributed by atoms with Gasteiger partial charge in [0.25, 0.3) is 0 Å². The van der Waals surface area contributed by atoms with E-state index in [0.29, 0.717) is 17.5 Å². The van der Waals surface area contributed by atoms with Crippen LogP contribution in [0.4, 0.5) is 17.5 Å². The summed E-state index contributed by atoms with van der Waals surface area (Å²) < 4.78 is 0.